The van der Waals surface area contributed by atoms with Gasteiger partial charge in [0.2, 0.25) is 5.91 Å². The number of carbonyl (C=O) groups is 2. The number of methoxy groups -OCH3 is 1. The quantitative estimate of drug-likeness (QED) is 0.810. The lowest BCUT2D eigenvalue weighted by atomic mass is 9.77. The van der Waals surface area contributed by atoms with Crippen molar-refractivity contribution < 1.29 is 14.3 Å². The molecule has 3 heterocycles. The van der Waals surface area contributed by atoms with Crippen LogP contribution in [0.5, 0.6) is 0 Å². The molecule has 4 atom stereocenters. The summed E-state index contributed by atoms with van der Waals surface area (Å²) < 4.78 is 8.35. The number of rotatable bonds is 5. The molecule has 0 aromatic carbocycles. The molecule has 1 saturated carbocycles. The molecule has 2 aromatic heterocycles. The van der Waals surface area contributed by atoms with Crippen LogP contribution in [-0.4, -0.2) is 53.1 Å². The maximum absolute atomic E-state index is 13.6. The SMILES string of the molecule is COCCN1C(=O)c2cc3sccc3n2CC1(C)C(=O)NC1CCCC(C)C1C. The van der Waals surface area contributed by atoms with Crippen LogP contribution in [0.2, 0.25) is 0 Å². The lowest BCUT2D eigenvalue weighted by molar-refractivity contribution is -0.134. The maximum Gasteiger partial charge on any atom is 0.271 e. The van der Waals surface area contributed by atoms with Gasteiger partial charge in [0.05, 0.1) is 23.4 Å². The number of hydrogen-bond donors (Lipinski definition) is 1. The van der Waals surface area contributed by atoms with Crippen LogP contribution in [0.25, 0.3) is 10.2 Å². The zero-order chi connectivity index (χ0) is 20.8. The van der Waals surface area contributed by atoms with Crippen LogP contribution >= 0.6 is 11.3 Å². The van der Waals surface area contributed by atoms with E-state index in [0.717, 1.165) is 23.1 Å². The zero-order valence-corrected chi connectivity index (χ0v) is 18.6. The summed E-state index contributed by atoms with van der Waals surface area (Å²) in [5.74, 6) is 0.879. The second-order valence-corrected chi connectivity index (χ2v) is 9.80. The fraction of sp³-hybridized carbons (Fsp3) is 0.636. The van der Waals surface area contributed by atoms with Crippen LogP contribution in [0, 0.1) is 11.8 Å². The third kappa shape index (κ3) is 3.38. The molecule has 1 fully saturated rings. The summed E-state index contributed by atoms with van der Waals surface area (Å²) in [5.41, 5.74) is 0.744. The van der Waals surface area contributed by atoms with Gasteiger partial charge in [0.15, 0.2) is 0 Å². The van der Waals surface area contributed by atoms with Gasteiger partial charge in [-0.1, -0.05) is 26.7 Å². The van der Waals surface area contributed by atoms with Crippen molar-refractivity contribution in [1.29, 1.82) is 0 Å². The van der Waals surface area contributed by atoms with Gasteiger partial charge in [0.25, 0.3) is 5.91 Å². The van der Waals surface area contributed by atoms with E-state index in [9.17, 15) is 9.59 Å². The van der Waals surface area contributed by atoms with E-state index in [1.807, 2.05) is 29.0 Å². The van der Waals surface area contributed by atoms with E-state index in [1.54, 1.807) is 23.3 Å². The average molecular weight is 418 g/mol. The molecule has 1 N–H and O–H groups in total. The van der Waals surface area contributed by atoms with Crippen molar-refractivity contribution >= 4 is 33.4 Å². The predicted molar refractivity (Wildman–Crippen MR) is 115 cm³/mol. The molecule has 0 saturated heterocycles. The third-order valence-corrected chi connectivity index (χ3v) is 7.93. The van der Waals surface area contributed by atoms with Gasteiger partial charge >= 0.3 is 0 Å². The number of carbonyl (C=O) groups excluding carboxylic acids is 2. The van der Waals surface area contributed by atoms with Crippen LogP contribution in [0.4, 0.5) is 0 Å². The van der Waals surface area contributed by atoms with Gasteiger partial charge in [-0.25, -0.2) is 0 Å². The molecule has 2 amide bonds. The smallest absolute Gasteiger partial charge is 0.271 e. The van der Waals surface area contributed by atoms with E-state index in [0.29, 0.717) is 37.2 Å². The molecule has 1 aliphatic carbocycles. The number of nitrogens with one attached hydrogen (secondary N) is 1. The fourth-order valence-corrected chi connectivity index (χ4v) is 5.74. The summed E-state index contributed by atoms with van der Waals surface area (Å²) in [5, 5.41) is 5.35. The number of fused-ring (bicyclic) bond motifs is 3. The Hall–Kier alpha value is -1.86. The highest BCUT2D eigenvalue weighted by atomic mass is 32.1. The Morgan fingerprint density at radius 1 is 1.38 bits per heavy atom. The molecule has 7 heteroatoms. The molecule has 4 unspecified atom stereocenters. The number of ether oxygens (including phenoxy) is 1. The molecule has 158 valence electrons. The van der Waals surface area contributed by atoms with Crippen molar-refractivity contribution in [1.82, 2.24) is 14.8 Å². The molecule has 6 nitrogen and oxygen atoms in total. The minimum absolute atomic E-state index is 0.0596. The van der Waals surface area contributed by atoms with Gasteiger partial charge in [-0.05, 0) is 42.7 Å². The van der Waals surface area contributed by atoms with Crippen molar-refractivity contribution in [3.63, 3.8) is 0 Å². The number of thiophene rings is 1. The first-order valence-electron chi connectivity index (χ1n) is 10.6. The predicted octanol–water partition coefficient (Wildman–Crippen LogP) is 3.50. The summed E-state index contributed by atoms with van der Waals surface area (Å²) in [4.78, 5) is 28.7. The van der Waals surface area contributed by atoms with Crippen molar-refractivity contribution in [2.24, 2.45) is 11.8 Å². The summed E-state index contributed by atoms with van der Waals surface area (Å²) >= 11 is 1.62. The summed E-state index contributed by atoms with van der Waals surface area (Å²) in [7, 11) is 1.62. The molecule has 4 rings (SSSR count). The van der Waals surface area contributed by atoms with E-state index >= 15 is 0 Å². The van der Waals surface area contributed by atoms with Crippen LogP contribution in [0.3, 0.4) is 0 Å². The molecule has 1 aliphatic heterocycles. The van der Waals surface area contributed by atoms with Crippen molar-refractivity contribution in [2.75, 3.05) is 20.3 Å². The van der Waals surface area contributed by atoms with Gasteiger partial charge in [0.1, 0.15) is 11.2 Å². The summed E-state index contributed by atoms with van der Waals surface area (Å²) in [6.07, 6.45) is 3.35. The monoisotopic (exact) mass is 417 g/mol. The molecule has 29 heavy (non-hydrogen) atoms. The normalized spacial score (nSPS) is 29.9. The van der Waals surface area contributed by atoms with E-state index in [-0.39, 0.29) is 17.9 Å². The van der Waals surface area contributed by atoms with Crippen LogP contribution < -0.4 is 5.32 Å². The Bertz CT molecular complexity index is 920. The number of aromatic nitrogens is 1. The van der Waals surface area contributed by atoms with Crippen molar-refractivity contribution in [3.05, 3.63) is 23.2 Å². The molecule has 0 spiro atoms. The number of hydrogen-bond acceptors (Lipinski definition) is 4. The first-order chi connectivity index (χ1) is 13.9. The second kappa shape index (κ2) is 7.76. The van der Waals surface area contributed by atoms with Crippen LogP contribution in [0.1, 0.15) is 50.5 Å². The van der Waals surface area contributed by atoms with Gasteiger partial charge in [-0.3, -0.25) is 9.59 Å². The van der Waals surface area contributed by atoms with E-state index in [2.05, 4.69) is 19.2 Å². The Balaban J connectivity index is 1.67. The summed E-state index contributed by atoms with van der Waals surface area (Å²) in [6.45, 7) is 7.65. The lowest BCUT2D eigenvalue weighted by Crippen LogP contribution is -2.66. The standard InChI is InChI=1S/C22H31N3O3S/c1-14-6-5-7-16(15(14)2)23-21(27)22(3)13-24-17-8-11-29-19(17)12-18(24)20(26)25(22)9-10-28-4/h8,11-12,14-16H,5-7,9-10,13H2,1-4H3,(H,23,27). The van der Waals surface area contributed by atoms with Crippen LogP contribution in [0.15, 0.2) is 17.5 Å². The lowest BCUT2D eigenvalue weighted by Gasteiger charge is -2.45. The zero-order valence-electron chi connectivity index (χ0n) is 17.7. The molecule has 2 aliphatic rings. The van der Waals surface area contributed by atoms with Crippen molar-refractivity contribution in [2.45, 2.75) is 58.2 Å². The van der Waals surface area contributed by atoms with Gasteiger partial charge in [0, 0.05) is 19.7 Å². The Morgan fingerprint density at radius 3 is 2.93 bits per heavy atom. The molecule has 2 aromatic rings. The third-order valence-electron chi connectivity index (χ3n) is 7.08. The number of amides is 2. The Labute approximate surface area is 176 Å². The molecular weight excluding hydrogens is 386 g/mol. The van der Waals surface area contributed by atoms with Gasteiger partial charge in [-0.15, -0.1) is 11.3 Å². The highest BCUT2D eigenvalue weighted by molar-refractivity contribution is 7.17. The van der Waals surface area contributed by atoms with Crippen LogP contribution in [-0.2, 0) is 16.1 Å². The van der Waals surface area contributed by atoms with E-state index in [4.69, 9.17) is 4.74 Å². The minimum Gasteiger partial charge on any atom is -0.383 e. The fourth-order valence-electron chi connectivity index (χ4n) is 4.92. The molecule has 0 radical (unpaired) electrons. The Morgan fingerprint density at radius 2 is 2.17 bits per heavy atom. The highest BCUT2D eigenvalue weighted by Gasteiger charge is 2.48. The molecule has 0 bridgehead atoms. The largest absolute Gasteiger partial charge is 0.383 e. The first-order valence-corrected chi connectivity index (χ1v) is 11.4. The van der Waals surface area contributed by atoms with Crippen molar-refractivity contribution in [3.8, 4) is 0 Å². The first kappa shape index (κ1) is 20.4. The summed E-state index contributed by atoms with van der Waals surface area (Å²) in [6, 6.07) is 4.14. The van der Waals surface area contributed by atoms with E-state index < -0.39 is 5.54 Å². The average Bonchev–Trinajstić information content (AvgIpc) is 3.28. The second-order valence-electron chi connectivity index (χ2n) is 8.86. The Kier molecular flexibility index (Phi) is 5.46. The maximum atomic E-state index is 13.6. The molecular formula is C22H31N3O3S. The highest BCUT2D eigenvalue weighted by Crippen LogP contribution is 2.35. The van der Waals surface area contributed by atoms with Gasteiger partial charge < -0.3 is 19.5 Å². The van der Waals surface area contributed by atoms with E-state index in [1.165, 1.54) is 6.42 Å². The number of nitrogens with zero attached hydrogens (tertiary/aromatic N) is 2. The van der Waals surface area contributed by atoms with Gasteiger partial charge in [-0.2, -0.15) is 0 Å². The topological polar surface area (TPSA) is 63.6 Å². The minimum atomic E-state index is -0.948.